The first-order chi connectivity index (χ1) is 8.46. The van der Waals surface area contributed by atoms with E-state index >= 15 is 0 Å². The van der Waals surface area contributed by atoms with Crippen molar-refractivity contribution in [2.75, 3.05) is 13.1 Å². The van der Waals surface area contributed by atoms with Crippen LogP contribution in [0.2, 0.25) is 0 Å². The zero-order valence-electron chi connectivity index (χ0n) is 9.71. The van der Waals surface area contributed by atoms with Gasteiger partial charge in [-0.2, -0.15) is 4.31 Å². The topological polar surface area (TPSA) is 83.6 Å². The van der Waals surface area contributed by atoms with E-state index in [1.165, 1.54) is 18.2 Å². The highest BCUT2D eigenvalue weighted by atomic mass is 32.2. The van der Waals surface area contributed by atoms with Gasteiger partial charge in [-0.05, 0) is 18.6 Å². The van der Waals surface area contributed by atoms with E-state index in [0.29, 0.717) is 6.42 Å². The van der Waals surface area contributed by atoms with Crippen molar-refractivity contribution in [2.45, 2.75) is 24.0 Å². The lowest BCUT2D eigenvalue weighted by Gasteiger charge is -2.18. The summed E-state index contributed by atoms with van der Waals surface area (Å²) in [6.07, 6.45) is -0.262. The maximum atomic E-state index is 13.5. The number of rotatable bonds is 3. The van der Waals surface area contributed by atoms with E-state index in [0.717, 1.165) is 4.31 Å². The minimum absolute atomic E-state index is 0.0149. The van der Waals surface area contributed by atoms with E-state index in [1.807, 2.05) is 0 Å². The zero-order valence-corrected chi connectivity index (χ0v) is 10.5. The average molecular weight is 274 g/mol. The molecule has 1 heterocycles. The normalized spacial score (nSPS) is 21.4. The third-order valence-electron chi connectivity index (χ3n) is 3.02. The third kappa shape index (κ3) is 2.26. The first-order valence-corrected chi connectivity index (χ1v) is 7.06. The van der Waals surface area contributed by atoms with Crippen molar-refractivity contribution in [3.63, 3.8) is 0 Å². The van der Waals surface area contributed by atoms with Gasteiger partial charge in [0.25, 0.3) is 0 Å². The highest BCUT2D eigenvalue weighted by Gasteiger charge is 2.33. The van der Waals surface area contributed by atoms with E-state index in [1.54, 1.807) is 0 Å². The van der Waals surface area contributed by atoms with Crippen molar-refractivity contribution in [1.82, 2.24) is 4.31 Å². The van der Waals surface area contributed by atoms with Crippen LogP contribution in [-0.4, -0.2) is 37.0 Å². The van der Waals surface area contributed by atoms with Crippen LogP contribution in [0.15, 0.2) is 23.1 Å². The summed E-state index contributed by atoms with van der Waals surface area (Å²) in [5.74, 6) is -0.627. The second kappa shape index (κ2) is 4.93. The van der Waals surface area contributed by atoms with Gasteiger partial charge in [0.1, 0.15) is 5.82 Å². The molecule has 3 N–H and O–H groups in total. The summed E-state index contributed by atoms with van der Waals surface area (Å²) in [6, 6.07) is 3.86. The Hall–Kier alpha value is -1.02. The molecule has 1 fully saturated rings. The second-order valence-corrected chi connectivity index (χ2v) is 6.13. The molecule has 2 rings (SSSR count). The summed E-state index contributed by atoms with van der Waals surface area (Å²) in [6.45, 7) is 0.102. The van der Waals surface area contributed by atoms with E-state index in [9.17, 15) is 17.9 Å². The standard InChI is InChI=1S/C11H15FN2O3S/c12-10-2-1-3-11(9(10)6-13)18(16,17)14-5-4-8(15)7-14/h1-3,8,15H,4-7,13H2. The van der Waals surface area contributed by atoms with E-state index in [4.69, 9.17) is 5.73 Å². The molecule has 100 valence electrons. The Balaban J connectivity index is 2.45. The van der Waals surface area contributed by atoms with Crippen LogP contribution in [0.3, 0.4) is 0 Å². The molecule has 0 bridgehead atoms. The van der Waals surface area contributed by atoms with Crippen LogP contribution in [0.1, 0.15) is 12.0 Å². The summed E-state index contributed by atoms with van der Waals surface area (Å²) < 4.78 is 39.3. The van der Waals surface area contributed by atoms with Gasteiger partial charge >= 0.3 is 0 Å². The quantitative estimate of drug-likeness (QED) is 0.815. The van der Waals surface area contributed by atoms with Crippen LogP contribution in [0.25, 0.3) is 0 Å². The molecule has 1 aromatic carbocycles. The van der Waals surface area contributed by atoms with E-state index in [2.05, 4.69) is 0 Å². The second-order valence-electron chi connectivity index (χ2n) is 4.23. The van der Waals surface area contributed by atoms with Crippen molar-refractivity contribution in [2.24, 2.45) is 5.73 Å². The number of benzene rings is 1. The van der Waals surface area contributed by atoms with Gasteiger partial charge < -0.3 is 10.8 Å². The zero-order chi connectivity index (χ0) is 13.3. The van der Waals surface area contributed by atoms with Gasteiger partial charge in [-0.3, -0.25) is 0 Å². The van der Waals surface area contributed by atoms with E-state index < -0.39 is 21.9 Å². The number of nitrogens with zero attached hydrogens (tertiary/aromatic N) is 1. The molecule has 1 atom stereocenters. The minimum atomic E-state index is -3.78. The molecule has 0 spiro atoms. The number of hydrogen-bond donors (Lipinski definition) is 2. The van der Waals surface area contributed by atoms with Gasteiger partial charge in [-0.15, -0.1) is 0 Å². The van der Waals surface area contributed by atoms with Crippen LogP contribution in [0, 0.1) is 5.82 Å². The molecule has 18 heavy (non-hydrogen) atoms. The smallest absolute Gasteiger partial charge is 0.243 e. The third-order valence-corrected chi connectivity index (χ3v) is 4.97. The van der Waals surface area contributed by atoms with Crippen LogP contribution in [0.5, 0.6) is 0 Å². The number of aliphatic hydroxyl groups is 1. The SMILES string of the molecule is NCc1c(F)cccc1S(=O)(=O)N1CCC(O)C1. The van der Waals surface area contributed by atoms with Crippen LogP contribution in [0.4, 0.5) is 4.39 Å². The molecule has 0 aliphatic carbocycles. The Morgan fingerprint density at radius 2 is 2.22 bits per heavy atom. The van der Waals surface area contributed by atoms with Crippen LogP contribution < -0.4 is 5.73 Å². The van der Waals surface area contributed by atoms with Crippen molar-refractivity contribution >= 4 is 10.0 Å². The number of hydrogen-bond acceptors (Lipinski definition) is 4. The molecule has 5 nitrogen and oxygen atoms in total. The fourth-order valence-electron chi connectivity index (χ4n) is 2.05. The fourth-order valence-corrected chi connectivity index (χ4v) is 3.78. The lowest BCUT2D eigenvalue weighted by molar-refractivity contribution is 0.189. The summed E-state index contributed by atoms with van der Waals surface area (Å²) in [5, 5.41) is 9.39. The van der Waals surface area contributed by atoms with Crippen LogP contribution in [-0.2, 0) is 16.6 Å². The van der Waals surface area contributed by atoms with Crippen molar-refractivity contribution < 1.29 is 17.9 Å². The van der Waals surface area contributed by atoms with Gasteiger partial charge in [-0.25, -0.2) is 12.8 Å². The fraction of sp³-hybridized carbons (Fsp3) is 0.455. The lowest BCUT2D eigenvalue weighted by atomic mass is 10.2. The highest BCUT2D eigenvalue weighted by molar-refractivity contribution is 7.89. The Labute approximate surface area is 105 Å². The number of nitrogens with two attached hydrogens (primary N) is 1. The van der Waals surface area contributed by atoms with Gasteiger partial charge in [0.05, 0.1) is 11.0 Å². The predicted octanol–water partition coefficient (Wildman–Crippen LogP) is 0.0397. The number of halogens is 1. The van der Waals surface area contributed by atoms with Crippen molar-refractivity contribution in [3.8, 4) is 0 Å². The van der Waals surface area contributed by atoms with E-state index in [-0.39, 0.29) is 30.1 Å². The molecule has 7 heteroatoms. The largest absolute Gasteiger partial charge is 0.392 e. The highest BCUT2D eigenvalue weighted by Crippen LogP contribution is 2.25. The minimum Gasteiger partial charge on any atom is -0.392 e. The Kier molecular flexibility index (Phi) is 3.67. The molecule has 1 aliphatic rings. The Morgan fingerprint density at radius 3 is 2.78 bits per heavy atom. The van der Waals surface area contributed by atoms with Crippen molar-refractivity contribution in [1.29, 1.82) is 0 Å². The van der Waals surface area contributed by atoms with Gasteiger partial charge in [-0.1, -0.05) is 6.07 Å². The number of aliphatic hydroxyl groups excluding tert-OH is 1. The molecule has 0 radical (unpaired) electrons. The summed E-state index contributed by atoms with van der Waals surface area (Å²) >= 11 is 0. The first-order valence-electron chi connectivity index (χ1n) is 5.62. The molecule has 1 saturated heterocycles. The Morgan fingerprint density at radius 1 is 1.50 bits per heavy atom. The van der Waals surface area contributed by atoms with Gasteiger partial charge in [0.15, 0.2) is 0 Å². The Bertz CT molecular complexity index is 547. The monoisotopic (exact) mass is 274 g/mol. The molecule has 1 unspecified atom stereocenters. The molecular weight excluding hydrogens is 259 g/mol. The average Bonchev–Trinajstić information content (AvgIpc) is 2.76. The molecule has 0 amide bonds. The summed E-state index contributed by atoms with van der Waals surface area (Å²) in [7, 11) is -3.78. The summed E-state index contributed by atoms with van der Waals surface area (Å²) in [5.41, 5.74) is 5.39. The number of sulfonamides is 1. The molecule has 0 aromatic heterocycles. The molecular formula is C11H15FN2O3S. The first kappa shape index (κ1) is 13.4. The van der Waals surface area contributed by atoms with Crippen LogP contribution >= 0.6 is 0 Å². The molecule has 1 aromatic rings. The molecule has 0 saturated carbocycles. The predicted molar refractivity (Wildman–Crippen MR) is 63.7 cm³/mol. The lowest BCUT2D eigenvalue weighted by Crippen LogP contribution is -2.31. The van der Waals surface area contributed by atoms with Gasteiger partial charge in [0, 0.05) is 25.2 Å². The maximum absolute atomic E-state index is 13.5. The molecule has 1 aliphatic heterocycles. The summed E-state index contributed by atoms with van der Waals surface area (Å²) in [4.78, 5) is -0.112. The number of β-amino-alcohol motifs (C(OH)–C–C–N with tert-alkyl or cyclic N) is 1. The van der Waals surface area contributed by atoms with Crippen molar-refractivity contribution in [3.05, 3.63) is 29.6 Å². The van der Waals surface area contributed by atoms with Gasteiger partial charge in [0.2, 0.25) is 10.0 Å². The maximum Gasteiger partial charge on any atom is 0.243 e.